The number of amides is 1. The average molecular weight is 396 g/mol. The topological polar surface area (TPSA) is 72.7 Å². The molecule has 6 nitrogen and oxygen atoms in total. The van der Waals surface area contributed by atoms with Gasteiger partial charge in [-0.1, -0.05) is 12.1 Å². The molecule has 0 aliphatic carbocycles. The van der Waals surface area contributed by atoms with Gasteiger partial charge in [-0.2, -0.15) is 5.10 Å². The summed E-state index contributed by atoms with van der Waals surface area (Å²) < 4.78 is 1.59. The zero-order chi connectivity index (χ0) is 18.6. The molecule has 0 bridgehead atoms. The maximum atomic E-state index is 12.6. The van der Waals surface area contributed by atoms with Gasteiger partial charge in [0.25, 0.3) is 5.91 Å². The zero-order valence-electron chi connectivity index (χ0n) is 14.6. The molecule has 27 heavy (non-hydrogen) atoms. The largest absolute Gasteiger partial charge is 0.352 e. The lowest BCUT2D eigenvalue weighted by Gasteiger charge is -2.09. The molecule has 0 aliphatic heterocycles. The Balaban J connectivity index is 1.39. The monoisotopic (exact) mass is 395 g/mol. The molecule has 0 saturated heterocycles. The molecule has 0 aliphatic rings. The number of aryl methyl sites for hydroxylation is 1. The van der Waals surface area contributed by atoms with Gasteiger partial charge in [0.1, 0.15) is 12.7 Å². The standard InChI is InChI=1S/C19H17N5OS2/c1-13-23-16(10-26-13)18-7-6-14(27-18)8-9-21-19(25)15-4-2-3-5-17(15)24-12-20-11-22-24/h2-7,10-12H,8-9H2,1H3,(H,21,25). The maximum absolute atomic E-state index is 12.6. The smallest absolute Gasteiger partial charge is 0.253 e. The third kappa shape index (κ3) is 3.96. The number of aromatic nitrogens is 4. The third-order valence-corrected chi connectivity index (χ3v) is 5.95. The van der Waals surface area contributed by atoms with Crippen LogP contribution in [0.4, 0.5) is 0 Å². The van der Waals surface area contributed by atoms with E-state index in [0.29, 0.717) is 17.8 Å². The highest BCUT2D eigenvalue weighted by Crippen LogP contribution is 2.29. The molecule has 1 aromatic carbocycles. The number of rotatable bonds is 6. The predicted molar refractivity (Wildman–Crippen MR) is 108 cm³/mol. The average Bonchev–Trinajstić information content (AvgIpc) is 3.43. The van der Waals surface area contributed by atoms with Crippen molar-refractivity contribution in [1.29, 1.82) is 0 Å². The van der Waals surface area contributed by atoms with Crippen molar-refractivity contribution in [2.45, 2.75) is 13.3 Å². The molecule has 0 spiro atoms. The van der Waals surface area contributed by atoms with Crippen molar-refractivity contribution >= 4 is 28.6 Å². The Labute approximate surface area is 164 Å². The minimum atomic E-state index is -0.118. The second-order valence-corrected chi connectivity index (χ2v) is 8.11. The summed E-state index contributed by atoms with van der Waals surface area (Å²) in [6.45, 7) is 2.58. The molecule has 1 N–H and O–H groups in total. The molecule has 1 amide bonds. The van der Waals surface area contributed by atoms with Gasteiger partial charge in [-0.3, -0.25) is 4.79 Å². The first-order chi connectivity index (χ1) is 13.2. The van der Waals surface area contributed by atoms with Gasteiger partial charge in [0.15, 0.2) is 0 Å². The number of carbonyl (C=O) groups is 1. The first kappa shape index (κ1) is 17.6. The van der Waals surface area contributed by atoms with E-state index in [2.05, 4.69) is 37.9 Å². The number of thiophene rings is 1. The van der Waals surface area contributed by atoms with Crippen molar-refractivity contribution < 1.29 is 4.79 Å². The fourth-order valence-corrected chi connectivity index (χ4v) is 4.37. The first-order valence-corrected chi connectivity index (χ1v) is 10.1. The summed E-state index contributed by atoms with van der Waals surface area (Å²) in [5.41, 5.74) is 2.32. The molecular formula is C19H17N5OS2. The molecule has 3 aromatic heterocycles. The highest BCUT2D eigenvalue weighted by Gasteiger charge is 2.13. The maximum Gasteiger partial charge on any atom is 0.253 e. The number of thiazole rings is 1. The van der Waals surface area contributed by atoms with Crippen molar-refractivity contribution in [3.05, 3.63) is 69.9 Å². The molecular weight excluding hydrogens is 378 g/mol. The lowest BCUT2D eigenvalue weighted by atomic mass is 10.1. The minimum absolute atomic E-state index is 0.118. The van der Waals surface area contributed by atoms with Crippen LogP contribution in [0.2, 0.25) is 0 Å². The summed E-state index contributed by atoms with van der Waals surface area (Å²) in [5.74, 6) is -0.118. The summed E-state index contributed by atoms with van der Waals surface area (Å²) >= 11 is 3.37. The van der Waals surface area contributed by atoms with Crippen molar-refractivity contribution in [3.63, 3.8) is 0 Å². The van der Waals surface area contributed by atoms with Crippen LogP contribution < -0.4 is 5.32 Å². The fourth-order valence-electron chi connectivity index (χ4n) is 2.72. The van der Waals surface area contributed by atoms with Crippen molar-refractivity contribution in [1.82, 2.24) is 25.1 Å². The quantitative estimate of drug-likeness (QED) is 0.540. The van der Waals surface area contributed by atoms with Gasteiger partial charge in [0.05, 0.1) is 26.8 Å². The van der Waals surface area contributed by atoms with E-state index in [1.165, 1.54) is 11.2 Å². The Morgan fingerprint density at radius 3 is 2.89 bits per heavy atom. The first-order valence-electron chi connectivity index (χ1n) is 8.44. The van der Waals surface area contributed by atoms with Crippen LogP contribution >= 0.6 is 22.7 Å². The third-order valence-electron chi connectivity index (χ3n) is 4.00. The van der Waals surface area contributed by atoms with Crippen molar-refractivity contribution in [2.75, 3.05) is 6.54 Å². The molecule has 0 fully saturated rings. The number of hydrogen-bond donors (Lipinski definition) is 1. The van der Waals surface area contributed by atoms with Crippen LogP contribution in [0.3, 0.4) is 0 Å². The molecule has 4 rings (SSSR count). The van der Waals surface area contributed by atoms with Crippen molar-refractivity contribution in [3.8, 4) is 16.3 Å². The highest BCUT2D eigenvalue weighted by molar-refractivity contribution is 7.16. The molecule has 0 saturated carbocycles. The van der Waals surface area contributed by atoms with E-state index in [4.69, 9.17) is 0 Å². The number of para-hydroxylation sites is 1. The Morgan fingerprint density at radius 2 is 2.11 bits per heavy atom. The van der Waals surface area contributed by atoms with Crippen LogP contribution in [0, 0.1) is 6.92 Å². The Bertz CT molecular complexity index is 1050. The second kappa shape index (κ2) is 7.81. The normalized spacial score (nSPS) is 10.9. The van der Waals surface area contributed by atoms with Gasteiger partial charge in [-0.15, -0.1) is 22.7 Å². The van der Waals surface area contributed by atoms with Gasteiger partial charge in [-0.25, -0.2) is 14.6 Å². The van der Waals surface area contributed by atoms with E-state index < -0.39 is 0 Å². The van der Waals surface area contributed by atoms with Crippen LogP contribution in [0.25, 0.3) is 16.3 Å². The summed E-state index contributed by atoms with van der Waals surface area (Å²) in [6.07, 6.45) is 3.82. The molecule has 136 valence electrons. The number of benzene rings is 1. The minimum Gasteiger partial charge on any atom is -0.352 e. The Hall–Kier alpha value is -2.84. The Morgan fingerprint density at radius 1 is 1.22 bits per heavy atom. The lowest BCUT2D eigenvalue weighted by Crippen LogP contribution is -2.26. The molecule has 0 atom stereocenters. The van der Waals surface area contributed by atoms with Crippen LogP contribution in [0.5, 0.6) is 0 Å². The van der Waals surface area contributed by atoms with Crippen molar-refractivity contribution in [2.24, 2.45) is 0 Å². The molecule has 0 unspecified atom stereocenters. The molecule has 0 radical (unpaired) electrons. The molecule has 4 aromatic rings. The van der Waals surface area contributed by atoms with Gasteiger partial charge in [0, 0.05) is 16.8 Å². The molecule has 3 heterocycles. The summed E-state index contributed by atoms with van der Waals surface area (Å²) in [7, 11) is 0. The van der Waals surface area contributed by atoms with Gasteiger partial charge in [-0.05, 0) is 37.6 Å². The van der Waals surface area contributed by atoms with Gasteiger partial charge < -0.3 is 5.32 Å². The lowest BCUT2D eigenvalue weighted by molar-refractivity contribution is 0.0954. The number of nitrogens with one attached hydrogen (secondary N) is 1. The summed E-state index contributed by atoms with van der Waals surface area (Å²) in [5, 5.41) is 10.3. The zero-order valence-corrected chi connectivity index (χ0v) is 16.3. The van der Waals surface area contributed by atoms with E-state index in [0.717, 1.165) is 22.0 Å². The van der Waals surface area contributed by atoms with Gasteiger partial charge in [0.2, 0.25) is 0 Å². The highest BCUT2D eigenvalue weighted by atomic mass is 32.1. The number of carbonyl (C=O) groups excluding carboxylic acids is 1. The van der Waals surface area contributed by atoms with Crippen LogP contribution in [0.15, 0.2) is 54.4 Å². The van der Waals surface area contributed by atoms with E-state index in [-0.39, 0.29) is 5.91 Å². The van der Waals surface area contributed by atoms with E-state index in [1.54, 1.807) is 39.7 Å². The van der Waals surface area contributed by atoms with Gasteiger partial charge >= 0.3 is 0 Å². The van der Waals surface area contributed by atoms with Crippen LogP contribution in [-0.4, -0.2) is 32.2 Å². The summed E-state index contributed by atoms with van der Waals surface area (Å²) in [4.78, 5) is 23.5. The fraction of sp³-hybridized carbons (Fsp3) is 0.158. The Kier molecular flexibility index (Phi) is 5.08. The SMILES string of the molecule is Cc1nc(-c2ccc(CCNC(=O)c3ccccc3-n3cncn3)s2)cs1. The van der Waals surface area contributed by atoms with Crippen LogP contribution in [0.1, 0.15) is 20.2 Å². The number of nitrogens with zero attached hydrogens (tertiary/aromatic N) is 4. The second-order valence-electron chi connectivity index (χ2n) is 5.88. The molecule has 8 heteroatoms. The number of hydrogen-bond acceptors (Lipinski definition) is 6. The van der Waals surface area contributed by atoms with E-state index in [1.807, 2.05) is 25.1 Å². The summed E-state index contributed by atoms with van der Waals surface area (Å²) in [6, 6.07) is 11.6. The van der Waals surface area contributed by atoms with Crippen LogP contribution in [-0.2, 0) is 6.42 Å². The predicted octanol–water partition coefficient (Wildman–Crippen LogP) is 3.73. The van der Waals surface area contributed by atoms with E-state index >= 15 is 0 Å². The van der Waals surface area contributed by atoms with E-state index in [9.17, 15) is 4.79 Å².